The molecule has 9 heteroatoms. The van der Waals surface area contributed by atoms with Crippen molar-refractivity contribution < 1.29 is 9.59 Å². The number of carbonyl (C=O) groups is 2. The predicted molar refractivity (Wildman–Crippen MR) is 121 cm³/mol. The van der Waals surface area contributed by atoms with E-state index >= 15 is 0 Å². The Kier molecular flexibility index (Phi) is 5.55. The van der Waals surface area contributed by atoms with Crippen molar-refractivity contribution >= 4 is 51.6 Å². The van der Waals surface area contributed by atoms with Crippen molar-refractivity contribution in [3.8, 4) is 0 Å². The van der Waals surface area contributed by atoms with E-state index in [1.807, 2.05) is 31.2 Å². The minimum Gasteiger partial charge on any atom is -0.355 e. The van der Waals surface area contributed by atoms with E-state index in [0.717, 1.165) is 11.3 Å². The topological polar surface area (TPSA) is 112 Å². The quantitative estimate of drug-likeness (QED) is 0.374. The summed E-state index contributed by atoms with van der Waals surface area (Å²) in [7, 11) is 1.53. The molecular weight excluding hydrogens is 416 g/mol. The van der Waals surface area contributed by atoms with Crippen LogP contribution in [0.4, 0.5) is 17.2 Å². The fourth-order valence-electron chi connectivity index (χ4n) is 3.08. The maximum atomic E-state index is 12.9. The van der Waals surface area contributed by atoms with Crippen molar-refractivity contribution in [3.63, 3.8) is 0 Å². The van der Waals surface area contributed by atoms with Crippen molar-refractivity contribution in [1.82, 2.24) is 20.3 Å². The summed E-state index contributed by atoms with van der Waals surface area (Å²) in [6.45, 7) is 1.96. The lowest BCUT2D eigenvalue weighted by Crippen LogP contribution is -2.20. The van der Waals surface area contributed by atoms with Gasteiger partial charge in [-0.25, -0.2) is 9.97 Å². The molecule has 2 amide bonds. The summed E-state index contributed by atoms with van der Waals surface area (Å²) in [6.07, 6.45) is 3.01. The highest BCUT2D eigenvalue weighted by atomic mass is 35.5. The average Bonchev–Trinajstić information content (AvgIpc) is 3.22. The number of rotatable bonds is 5. The van der Waals surface area contributed by atoms with Crippen molar-refractivity contribution in [3.05, 3.63) is 76.7 Å². The maximum absolute atomic E-state index is 12.9. The van der Waals surface area contributed by atoms with Gasteiger partial charge >= 0.3 is 0 Å². The molecule has 0 aliphatic carbocycles. The van der Waals surface area contributed by atoms with Crippen LogP contribution >= 0.6 is 11.6 Å². The monoisotopic (exact) mass is 434 g/mol. The van der Waals surface area contributed by atoms with E-state index in [1.165, 1.54) is 13.2 Å². The fourth-order valence-corrected chi connectivity index (χ4v) is 3.28. The second-order valence-electron chi connectivity index (χ2n) is 6.83. The summed E-state index contributed by atoms with van der Waals surface area (Å²) in [5.41, 5.74) is 3.30. The number of halogens is 1. The zero-order valence-electron chi connectivity index (χ0n) is 16.8. The molecule has 0 bridgehead atoms. The Morgan fingerprint density at radius 2 is 1.84 bits per heavy atom. The number of H-pyrrole nitrogens is 1. The lowest BCUT2D eigenvalue weighted by Gasteiger charge is -2.14. The molecule has 31 heavy (non-hydrogen) atoms. The van der Waals surface area contributed by atoms with Gasteiger partial charge in [-0.1, -0.05) is 29.8 Å². The van der Waals surface area contributed by atoms with E-state index in [-0.39, 0.29) is 11.6 Å². The molecule has 3 aromatic heterocycles. The Morgan fingerprint density at radius 3 is 2.58 bits per heavy atom. The van der Waals surface area contributed by atoms with Gasteiger partial charge in [0.05, 0.1) is 16.3 Å². The number of hydrogen-bond acceptors (Lipinski definition) is 5. The summed E-state index contributed by atoms with van der Waals surface area (Å²) < 4.78 is 0. The average molecular weight is 435 g/mol. The Hall–Kier alpha value is -3.91. The molecule has 0 aliphatic rings. The molecule has 0 fully saturated rings. The summed E-state index contributed by atoms with van der Waals surface area (Å²) in [6, 6.07) is 12.5. The van der Waals surface area contributed by atoms with Crippen LogP contribution in [0.3, 0.4) is 0 Å². The fraction of sp³-hybridized carbons (Fsp3) is 0.0909. The van der Waals surface area contributed by atoms with Gasteiger partial charge in [0.15, 0.2) is 5.82 Å². The summed E-state index contributed by atoms with van der Waals surface area (Å²) in [5.74, 6) is -0.327. The Morgan fingerprint density at radius 1 is 1.03 bits per heavy atom. The minimum atomic E-state index is -0.419. The number of pyridine rings is 2. The summed E-state index contributed by atoms with van der Waals surface area (Å²) in [5, 5.41) is 9.73. The standard InChI is InChI=1S/C22H19ClN6O2/c1-12-5-3-4-6-16(12)27-20-17(9-13(11-26-20)21(30)24-2)29-22(31)18-10-14-15(23)7-8-25-19(14)28-18/h3-11H,1-2H3,(H,24,30)(H,25,28)(H,26,27)(H,29,31). The first-order chi connectivity index (χ1) is 15.0. The zero-order chi connectivity index (χ0) is 22.0. The largest absolute Gasteiger partial charge is 0.355 e. The van der Waals surface area contributed by atoms with Gasteiger partial charge in [0, 0.05) is 30.5 Å². The third-order valence-corrected chi connectivity index (χ3v) is 5.08. The lowest BCUT2D eigenvalue weighted by molar-refractivity contribution is 0.0961. The van der Waals surface area contributed by atoms with E-state index in [4.69, 9.17) is 11.6 Å². The number of aromatic nitrogens is 3. The van der Waals surface area contributed by atoms with E-state index in [9.17, 15) is 9.59 Å². The number of para-hydroxylation sites is 1. The third kappa shape index (κ3) is 4.19. The van der Waals surface area contributed by atoms with Crippen LogP contribution in [-0.4, -0.2) is 33.8 Å². The van der Waals surface area contributed by atoms with Gasteiger partial charge < -0.3 is 20.9 Å². The minimum absolute atomic E-state index is 0.280. The number of fused-ring (bicyclic) bond motifs is 1. The Labute approximate surface area is 183 Å². The first-order valence-corrected chi connectivity index (χ1v) is 9.83. The number of nitrogens with zero attached hydrogens (tertiary/aromatic N) is 2. The number of hydrogen-bond donors (Lipinski definition) is 4. The normalized spacial score (nSPS) is 10.7. The van der Waals surface area contributed by atoms with Crippen LogP contribution in [0, 0.1) is 6.92 Å². The van der Waals surface area contributed by atoms with Crippen molar-refractivity contribution in [2.75, 3.05) is 17.7 Å². The van der Waals surface area contributed by atoms with Gasteiger partial charge in [-0.3, -0.25) is 9.59 Å². The van der Waals surface area contributed by atoms with Gasteiger partial charge in [-0.05, 0) is 36.8 Å². The molecular formula is C22H19ClN6O2. The number of aryl methyl sites for hydroxylation is 1. The molecule has 4 N–H and O–H groups in total. The Bertz CT molecular complexity index is 1300. The lowest BCUT2D eigenvalue weighted by atomic mass is 10.2. The molecule has 0 saturated heterocycles. The maximum Gasteiger partial charge on any atom is 0.272 e. The molecule has 8 nitrogen and oxygen atoms in total. The van der Waals surface area contributed by atoms with E-state index < -0.39 is 5.91 Å². The second-order valence-corrected chi connectivity index (χ2v) is 7.24. The molecule has 156 valence electrons. The van der Waals surface area contributed by atoms with E-state index in [1.54, 1.807) is 24.4 Å². The number of nitrogens with one attached hydrogen (secondary N) is 4. The van der Waals surface area contributed by atoms with Gasteiger partial charge in [0.25, 0.3) is 11.8 Å². The second kappa shape index (κ2) is 8.45. The van der Waals surface area contributed by atoms with Gasteiger partial charge in [0.2, 0.25) is 0 Å². The first kappa shape index (κ1) is 20.4. The summed E-state index contributed by atoms with van der Waals surface area (Å²) in [4.78, 5) is 36.5. The number of benzene rings is 1. The zero-order valence-corrected chi connectivity index (χ0v) is 17.5. The van der Waals surface area contributed by atoms with Crippen LogP contribution in [0.1, 0.15) is 26.4 Å². The summed E-state index contributed by atoms with van der Waals surface area (Å²) >= 11 is 6.18. The van der Waals surface area contributed by atoms with Crippen LogP contribution in [0.5, 0.6) is 0 Å². The predicted octanol–water partition coefficient (Wildman–Crippen LogP) is 4.28. The number of amides is 2. The van der Waals surface area contributed by atoms with Crippen LogP contribution in [0.25, 0.3) is 11.0 Å². The SMILES string of the molecule is CNC(=O)c1cnc(Nc2ccccc2C)c(NC(=O)c2cc3c(Cl)ccnc3[nH]2)c1. The molecule has 0 unspecified atom stereocenters. The molecule has 4 aromatic rings. The molecule has 3 heterocycles. The smallest absolute Gasteiger partial charge is 0.272 e. The highest BCUT2D eigenvalue weighted by Crippen LogP contribution is 2.27. The molecule has 1 aromatic carbocycles. The first-order valence-electron chi connectivity index (χ1n) is 9.45. The Balaban J connectivity index is 1.70. The third-order valence-electron chi connectivity index (χ3n) is 4.75. The van der Waals surface area contributed by atoms with Gasteiger partial charge in [-0.2, -0.15) is 0 Å². The molecule has 4 rings (SSSR count). The van der Waals surface area contributed by atoms with Crippen molar-refractivity contribution in [1.29, 1.82) is 0 Å². The molecule has 0 saturated carbocycles. The highest BCUT2D eigenvalue weighted by molar-refractivity contribution is 6.35. The van der Waals surface area contributed by atoms with Gasteiger partial charge in [0.1, 0.15) is 11.3 Å². The van der Waals surface area contributed by atoms with Crippen LogP contribution in [-0.2, 0) is 0 Å². The molecule has 0 radical (unpaired) electrons. The van der Waals surface area contributed by atoms with Crippen LogP contribution in [0.15, 0.2) is 54.9 Å². The molecule has 0 aliphatic heterocycles. The highest BCUT2D eigenvalue weighted by Gasteiger charge is 2.17. The van der Waals surface area contributed by atoms with Crippen LogP contribution in [0.2, 0.25) is 5.02 Å². The number of aromatic amines is 1. The van der Waals surface area contributed by atoms with Gasteiger partial charge in [-0.15, -0.1) is 0 Å². The van der Waals surface area contributed by atoms with Crippen molar-refractivity contribution in [2.45, 2.75) is 6.92 Å². The van der Waals surface area contributed by atoms with E-state index in [0.29, 0.717) is 33.1 Å². The molecule has 0 atom stereocenters. The van der Waals surface area contributed by atoms with E-state index in [2.05, 4.69) is 30.9 Å². The van der Waals surface area contributed by atoms with Crippen molar-refractivity contribution in [2.24, 2.45) is 0 Å². The number of anilines is 3. The molecule has 0 spiro atoms. The van der Waals surface area contributed by atoms with Crippen LogP contribution < -0.4 is 16.0 Å². The number of carbonyl (C=O) groups excluding carboxylic acids is 2.